The number of hydrogen-bond donors (Lipinski definition) is 0. The van der Waals surface area contributed by atoms with Gasteiger partial charge in [0.2, 0.25) is 11.9 Å². The average Bonchev–Trinajstić information content (AvgIpc) is 3.31. The number of imide groups is 1. The van der Waals surface area contributed by atoms with E-state index in [2.05, 4.69) is 9.56 Å². The molecule has 0 aliphatic carbocycles. The van der Waals surface area contributed by atoms with Crippen molar-refractivity contribution < 1.29 is 18.9 Å². The summed E-state index contributed by atoms with van der Waals surface area (Å²) < 4.78 is 9.77. The van der Waals surface area contributed by atoms with E-state index < -0.39 is 6.04 Å². The van der Waals surface area contributed by atoms with E-state index in [1.807, 2.05) is 24.6 Å². The van der Waals surface area contributed by atoms with Crippen molar-refractivity contribution in [1.82, 2.24) is 14.4 Å². The van der Waals surface area contributed by atoms with Gasteiger partial charge in [0, 0.05) is 20.2 Å². The Bertz CT molecular complexity index is 778. The molecule has 3 aliphatic heterocycles. The van der Waals surface area contributed by atoms with Crippen LogP contribution in [0.1, 0.15) is 44.3 Å². The van der Waals surface area contributed by atoms with E-state index in [9.17, 15) is 9.59 Å². The largest absolute Gasteiger partial charge is 0.402 e. The number of carbonyl (C=O) groups excluding carboxylic acids is 2. The number of amidine groups is 1. The number of likely N-dealkylation sites (N-methyl/N-ethyl adjacent to an activating group) is 1. The van der Waals surface area contributed by atoms with Crippen molar-refractivity contribution >= 4 is 23.7 Å². The van der Waals surface area contributed by atoms with E-state index in [-0.39, 0.29) is 18.0 Å². The maximum atomic E-state index is 13.0. The average molecular weight is 360 g/mol. The number of aliphatic imine (C=N–C) groups is 1. The zero-order valence-corrected chi connectivity index (χ0v) is 15.6. The molecule has 8 nitrogen and oxygen atoms in total. The molecule has 0 N–H and O–H groups in total. The highest BCUT2D eigenvalue weighted by Gasteiger charge is 2.53. The molecule has 26 heavy (non-hydrogen) atoms. The molecule has 0 radical (unpaired) electrons. The van der Waals surface area contributed by atoms with Gasteiger partial charge in [-0.1, -0.05) is 18.3 Å². The molecule has 2 unspecified atom stereocenters. The molecule has 2 atom stereocenters. The van der Waals surface area contributed by atoms with E-state index in [0.717, 1.165) is 50.5 Å². The van der Waals surface area contributed by atoms with E-state index in [1.54, 1.807) is 7.05 Å². The summed E-state index contributed by atoms with van der Waals surface area (Å²) in [5.74, 6) is 1.06. The van der Waals surface area contributed by atoms with Crippen LogP contribution < -0.4 is 4.57 Å². The fourth-order valence-corrected chi connectivity index (χ4v) is 3.97. The standard InChI is InChI=1S/C18H26N5O3/c1-4-5-8-21-16(24)14-15(20(3)18(21)25)19-17-22(12(2)10-23(14)17)11-13-7-6-9-26-13/h10,13-14H,4-9,11H2,1-3H3/q+1. The molecule has 0 bridgehead atoms. The van der Waals surface area contributed by atoms with Crippen LogP contribution in [-0.2, 0) is 16.1 Å². The van der Waals surface area contributed by atoms with Gasteiger partial charge in [0.05, 0.1) is 12.6 Å². The molecule has 2 fully saturated rings. The molecular weight excluding hydrogens is 334 g/mol. The normalized spacial score (nSPS) is 25.0. The van der Waals surface area contributed by atoms with Crippen molar-refractivity contribution in [2.24, 2.45) is 4.99 Å². The molecule has 3 aliphatic rings. The summed E-state index contributed by atoms with van der Waals surface area (Å²) in [6.45, 7) is 6.05. The van der Waals surface area contributed by atoms with Gasteiger partial charge in [-0.05, 0) is 26.2 Å². The summed E-state index contributed by atoms with van der Waals surface area (Å²) in [6, 6.07) is -0.833. The van der Waals surface area contributed by atoms with Crippen LogP contribution in [0.25, 0.3) is 0 Å². The van der Waals surface area contributed by atoms with Crippen LogP contribution in [0.15, 0.2) is 11.2 Å². The van der Waals surface area contributed by atoms with Gasteiger partial charge >= 0.3 is 12.0 Å². The van der Waals surface area contributed by atoms with Crippen LogP contribution in [0, 0.1) is 6.92 Å². The highest BCUT2D eigenvalue weighted by atomic mass is 16.5. The Morgan fingerprint density at radius 2 is 2.19 bits per heavy atom. The Balaban J connectivity index is 1.68. The zero-order chi connectivity index (χ0) is 18.4. The number of aryl methyl sites for hydroxylation is 1. The van der Waals surface area contributed by atoms with Crippen molar-refractivity contribution in [2.75, 3.05) is 20.2 Å². The Morgan fingerprint density at radius 3 is 2.88 bits per heavy atom. The van der Waals surface area contributed by atoms with Crippen LogP contribution in [0.5, 0.6) is 0 Å². The number of carbonyl (C=O) groups is 2. The molecule has 0 saturated carbocycles. The van der Waals surface area contributed by atoms with Crippen LogP contribution in [0.3, 0.4) is 0 Å². The van der Waals surface area contributed by atoms with Gasteiger partial charge in [0.25, 0.3) is 5.91 Å². The van der Waals surface area contributed by atoms with Gasteiger partial charge in [-0.15, -0.1) is 0 Å². The topological polar surface area (TPSA) is 71.0 Å². The summed E-state index contributed by atoms with van der Waals surface area (Å²) in [4.78, 5) is 33.2. The molecule has 4 rings (SSSR count). The van der Waals surface area contributed by atoms with Crippen molar-refractivity contribution in [2.45, 2.75) is 58.2 Å². The number of imidazole rings is 1. The third-order valence-corrected chi connectivity index (χ3v) is 5.47. The van der Waals surface area contributed by atoms with E-state index >= 15 is 0 Å². The van der Waals surface area contributed by atoms with Gasteiger partial charge in [-0.25, -0.2) is 13.9 Å². The molecule has 0 spiro atoms. The summed E-state index contributed by atoms with van der Waals surface area (Å²) in [5.41, 5.74) is 1.05. The molecule has 8 heteroatoms. The van der Waals surface area contributed by atoms with Crippen LogP contribution >= 0.6 is 0 Å². The number of rotatable bonds is 5. The molecule has 3 amide bonds. The van der Waals surface area contributed by atoms with Gasteiger partial charge in [-0.2, -0.15) is 0 Å². The zero-order valence-electron chi connectivity index (χ0n) is 15.6. The summed E-state index contributed by atoms with van der Waals surface area (Å²) in [7, 11) is 1.70. The second-order valence-corrected chi connectivity index (χ2v) is 7.28. The first kappa shape index (κ1) is 17.2. The Kier molecular flexibility index (Phi) is 4.30. The molecule has 4 heterocycles. The minimum absolute atomic E-state index is 0.182. The maximum Gasteiger partial charge on any atom is 0.402 e. The number of ether oxygens (including phenoxy) is 1. The smallest absolute Gasteiger partial charge is 0.375 e. The van der Waals surface area contributed by atoms with Crippen molar-refractivity contribution in [3.8, 4) is 0 Å². The lowest BCUT2D eigenvalue weighted by Crippen LogP contribution is -2.62. The predicted octanol–water partition coefficient (Wildman–Crippen LogP) is 1.54. The van der Waals surface area contributed by atoms with Crippen molar-refractivity contribution in [1.29, 1.82) is 0 Å². The van der Waals surface area contributed by atoms with E-state index in [1.165, 1.54) is 9.80 Å². The number of fused-ring (bicyclic) bond motifs is 3. The summed E-state index contributed by atoms with van der Waals surface area (Å²) in [6.07, 6.45) is 6.01. The molecule has 2 saturated heterocycles. The van der Waals surface area contributed by atoms with Crippen LogP contribution in [-0.4, -0.2) is 58.4 Å². The lowest BCUT2D eigenvalue weighted by molar-refractivity contribution is -0.677. The van der Waals surface area contributed by atoms with Gasteiger partial charge in [0.1, 0.15) is 11.9 Å². The second kappa shape index (κ2) is 6.50. The minimum atomic E-state index is -0.547. The SMILES string of the molecule is CCCCN1C(=O)C2C(=Nc3n(CC4CCCO4)c(C)c[n+]32)N(C)C1=O. The van der Waals surface area contributed by atoms with E-state index in [4.69, 9.17) is 4.74 Å². The lowest BCUT2D eigenvalue weighted by Gasteiger charge is -2.33. The Morgan fingerprint density at radius 1 is 1.38 bits per heavy atom. The first-order chi connectivity index (χ1) is 12.5. The highest BCUT2D eigenvalue weighted by Crippen LogP contribution is 2.30. The van der Waals surface area contributed by atoms with Crippen LogP contribution in [0.2, 0.25) is 0 Å². The third-order valence-electron chi connectivity index (χ3n) is 5.47. The van der Waals surface area contributed by atoms with Crippen LogP contribution in [0.4, 0.5) is 10.7 Å². The summed E-state index contributed by atoms with van der Waals surface area (Å²) in [5, 5.41) is 0. The monoisotopic (exact) mass is 360 g/mol. The molecule has 140 valence electrons. The predicted molar refractivity (Wildman–Crippen MR) is 94.3 cm³/mol. The van der Waals surface area contributed by atoms with Gasteiger partial charge in [-0.3, -0.25) is 14.6 Å². The number of hydrogen-bond acceptors (Lipinski definition) is 4. The lowest BCUT2D eigenvalue weighted by atomic mass is 10.1. The summed E-state index contributed by atoms with van der Waals surface area (Å²) >= 11 is 0. The van der Waals surface area contributed by atoms with Gasteiger partial charge < -0.3 is 4.74 Å². The third kappa shape index (κ3) is 2.55. The fraction of sp³-hybridized carbons (Fsp3) is 0.667. The quantitative estimate of drug-likeness (QED) is 0.748. The Labute approximate surface area is 153 Å². The van der Waals surface area contributed by atoms with E-state index in [0.29, 0.717) is 12.4 Å². The maximum absolute atomic E-state index is 13.0. The minimum Gasteiger partial charge on any atom is -0.375 e. The number of amides is 3. The second-order valence-electron chi connectivity index (χ2n) is 7.28. The Hall–Kier alpha value is -2.22. The molecule has 1 aromatic heterocycles. The molecular formula is C18H26N5O3+. The molecule has 0 aromatic carbocycles. The number of aromatic nitrogens is 2. The van der Waals surface area contributed by atoms with Crippen molar-refractivity contribution in [3.05, 3.63) is 11.9 Å². The number of urea groups is 1. The van der Waals surface area contributed by atoms with Gasteiger partial charge in [0.15, 0.2) is 0 Å². The van der Waals surface area contributed by atoms with Crippen molar-refractivity contribution in [3.63, 3.8) is 0 Å². The number of unbranched alkanes of at least 4 members (excludes halogenated alkanes) is 1. The highest BCUT2D eigenvalue weighted by molar-refractivity contribution is 6.19. The molecule has 1 aromatic rings. The first-order valence-corrected chi connectivity index (χ1v) is 9.43. The first-order valence-electron chi connectivity index (χ1n) is 9.43. The fourth-order valence-electron chi connectivity index (χ4n) is 3.97. The number of nitrogens with zero attached hydrogens (tertiary/aromatic N) is 5.